The van der Waals surface area contributed by atoms with Crippen LogP contribution in [0.25, 0.3) is 0 Å². The van der Waals surface area contributed by atoms with Crippen molar-refractivity contribution in [3.63, 3.8) is 0 Å². The van der Waals surface area contributed by atoms with E-state index in [4.69, 9.17) is 9.88 Å². The summed E-state index contributed by atoms with van der Waals surface area (Å²) < 4.78 is 27.5. The molecule has 7 heteroatoms. The summed E-state index contributed by atoms with van der Waals surface area (Å²) >= 11 is 0. The first-order valence-corrected chi connectivity index (χ1v) is 7.72. The van der Waals surface area contributed by atoms with Gasteiger partial charge in [-0.1, -0.05) is 0 Å². The minimum atomic E-state index is -3.75. The van der Waals surface area contributed by atoms with Crippen molar-refractivity contribution in [2.75, 3.05) is 25.6 Å². The van der Waals surface area contributed by atoms with E-state index >= 15 is 0 Å². The predicted molar refractivity (Wildman–Crippen MR) is 72.3 cm³/mol. The Balaban J connectivity index is 1.97. The molecule has 0 unspecified atom stereocenters. The quantitative estimate of drug-likeness (QED) is 0.778. The van der Waals surface area contributed by atoms with Crippen molar-refractivity contribution in [2.45, 2.75) is 24.3 Å². The molecule has 0 aliphatic heterocycles. The van der Waals surface area contributed by atoms with E-state index < -0.39 is 10.0 Å². The van der Waals surface area contributed by atoms with Crippen LogP contribution in [0.4, 0.5) is 5.69 Å². The van der Waals surface area contributed by atoms with E-state index in [1.54, 1.807) is 13.2 Å². The minimum Gasteiger partial charge on any atom is -0.385 e. The fraction of sp³-hybridized carbons (Fsp3) is 0.583. The van der Waals surface area contributed by atoms with Gasteiger partial charge in [0.1, 0.15) is 0 Å². The third-order valence-electron chi connectivity index (χ3n) is 3.49. The number of aromatic nitrogens is 1. The van der Waals surface area contributed by atoms with Gasteiger partial charge in [-0.25, -0.2) is 18.5 Å². The highest BCUT2D eigenvalue weighted by molar-refractivity contribution is 7.89. The fourth-order valence-corrected chi connectivity index (χ4v) is 2.47. The third kappa shape index (κ3) is 3.89. The van der Waals surface area contributed by atoms with Gasteiger partial charge in [0.2, 0.25) is 0 Å². The van der Waals surface area contributed by atoms with Crippen molar-refractivity contribution in [3.8, 4) is 0 Å². The van der Waals surface area contributed by atoms with Crippen LogP contribution in [0, 0.1) is 5.41 Å². The predicted octanol–water partition coefficient (Wildman–Crippen LogP) is 0.958. The Kier molecular flexibility index (Phi) is 4.07. The van der Waals surface area contributed by atoms with Crippen LogP contribution in [-0.2, 0) is 14.8 Å². The summed E-state index contributed by atoms with van der Waals surface area (Å²) in [4.78, 5) is 3.75. The molecule has 0 amide bonds. The zero-order chi connectivity index (χ0) is 13.9. The van der Waals surface area contributed by atoms with Crippen molar-refractivity contribution in [2.24, 2.45) is 10.6 Å². The van der Waals surface area contributed by atoms with Crippen molar-refractivity contribution < 1.29 is 13.2 Å². The molecule has 0 spiro atoms. The molecule has 1 fully saturated rings. The largest absolute Gasteiger partial charge is 0.385 e. The van der Waals surface area contributed by atoms with E-state index in [9.17, 15) is 8.42 Å². The minimum absolute atomic E-state index is 0.112. The van der Waals surface area contributed by atoms with Crippen LogP contribution in [0.2, 0.25) is 0 Å². The average Bonchev–Trinajstić information content (AvgIpc) is 3.14. The number of hydrogen-bond donors (Lipinski definition) is 2. The molecular formula is C12H19N3O3S. The van der Waals surface area contributed by atoms with E-state index in [1.807, 2.05) is 0 Å². The summed E-state index contributed by atoms with van der Waals surface area (Å²) in [5.41, 5.74) is 1.02. The normalized spacial score (nSPS) is 17.2. The number of nitrogens with zero attached hydrogens (tertiary/aromatic N) is 1. The van der Waals surface area contributed by atoms with E-state index in [-0.39, 0.29) is 5.03 Å². The molecule has 106 valence electrons. The van der Waals surface area contributed by atoms with Gasteiger partial charge in [-0.05, 0) is 30.7 Å². The van der Waals surface area contributed by atoms with Crippen molar-refractivity contribution >= 4 is 15.7 Å². The second kappa shape index (κ2) is 5.44. The lowest BCUT2D eigenvalue weighted by Gasteiger charge is -2.16. The van der Waals surface area contributed by atoms with Gasteiger partial charge in [0, 0.05) is 38.2 Å². The van der Waals surface area contributed by atoms with Gasteiger partial charge in [0.05, 0.1) is 0 Å². The van der Waals surface area contributed by atoms with Gasteiger partial charge in [0.15, 0.2) is 5.03 Å². The summed E-state index contributed by atoms with van der Waals surface area (Å²) in [5, 5.41) is 8.19. The summed E-state index contributed by atoms with van der Waals surface area (Å²) in [5.74, 6) is 0. The van der Waals surface area contributed by atoms with Crippen LogP contribution in [0.1, 0.15) is 19.3 Å². The first-order chi connectivity index (χ1) is 8.95. The lowest BCUT2D eigenvalue weighted by molar-refractivity contribution is 0.175. The molecule has 0 radical (unpaired) electrons. The van der Waals surface area contributed by atoms with Crippen LogP contribution in [0.3, 0.4) is 0 Å². The Hall–Kier alpha value is -1.18. The maximum atomic E-state index is 11.2. The van der Waals surface area contributed by atoms with Gasteiger partial charge < -0.3 is 10.1 Å². The Morgan fingerprint density at radius 2 is 2.26 bits per heavy atom. The molecule has 2 rings (SSSR count). The summed E-state index contributed by atoms with van der Waals surface area (Å²) in [6.07, 6.45) is 4.81. The van der Waals surface area contributed by atoms with E-state index in [1.165, 1.54) is 25.1 Å². The number of pyridine rings is 1. The monoisotopic (exact) mass is 285 g/mol. The van der Waals surface area contributed by atoms with Crippen molar-refractivity contribution in [1.29, 1.82) is 0 Å². The van der Waals surface area contributed by atoms with Crippen LogP contribution in [0.15, 0.2) is 23.4 Å². The number of primary sulfonamides is 1. The van der Waals surface area contributed by atoms with Gasteiger partial charge in [0.25, 0.3) is 10.0 Å². The van der Waals surface area contributed by atoms with Gasteiger partial charge >= 0.3 is 0 Å². The van der Waals surface area contributed by atoms with E-state index in [2.05, 4.69) is 10.3 Å². The number of nitrogens with one attached hydrogen (secondary N) is 1. The molecule has 0 atom stereocenters. The molecule has 1 heterocycles. The van der Waals surface area contributed by atoms with Crippen molar-refractivity contribution in [3.05, 3.63) is 18.3 Å². The zero-order valence-electron chi connectivity index (χ0n) is 10.9. The molecule has 1 saturated carbocycles. The molecule has 19 heavy (non-hydrogen) atoms. The second-order valence-electron chi connectivity index (χ2n) is 5.02. The molecule has 1 aliphatic carbocycles. The molecule has 0 bridgehead atoms. The first kappa shape index (κ1) is 14.2. The molecular weight excluding hydrogens is 266 g/mol. The molecule has 1 aromatic rings. The molecule has 6 nitrogen and oxygen atoms in total. The van der Waals surface area contributed by atoms with Crippen LogP contribution in [-0.4, -0.2) is 33.7 Å². The van der Waals surface area contributed by atoms with Crippen LogP contribution in [0.5, 0.6) is 0 Å². The molecule has 3 N–H and O–H groups in total. The Morgan fingerprint density at radius 1 is 1.53 bits per heavy atom. The number of ether oxygens (including phenoxy) is 1. The topological polar surface area (TPSA) is 94.3 Å². The molecule has 1 aromatic heterocycles. The summed E-state index contributed by atoms with van der Waals surface area (Å²) in [6.45, 7) is 1.56. The number of methoxy groups -OCH3 is 1. The lowest BCUT2D eigenvalue weighted by atomic mass is 10.0. The number of anilines is 1. The third-order valence-corrected chi connectivity index (χ3v) is 4.29. The van der Waals surface area contributed by atoms with Gasteiger partial charge in [-0.15, -0.1) is 0 Å². The Labute approximate surface area is 113 Å². The Bertz CT molecular complexity index is 541. The maximum Gasteiger partial charge on any atom is 0.255 e. The summed E-state index contributed by atoms with van der Waals surface area (Å²) in [6, 6.07) is 3.20. The highest BCUT2D eigenvalue weighted by Gasteiger charge is 2.41. The number of rotatable bonds is 7. The van der Waals surface area contributed by atoms with Crippen LogP contribution < -0.4 is 10.5 Å². The fourth-order valence-electron chi connectivity index (χ4n) is 1.98. The molecule has 0 saturated heterocycles. The standard InChI is InChI=1S/C12H19N3O3S/c1-18-7-5-12(3-4-12)9-15-10-2-6-14-11(8-10)19(13,16)17/h2,6,8H,3-5,7,9H2,1H3,(H,14,15)(H2,13,16,17). The number of hydrogen-bond acceptors (Lipinski definition) is 5. The average molecular weight is 285 g/mol. The second-order valence-corrected chi connectivity index (χ2v) is 6.53. The summed E-state index contributed by atoms with van der Waals surface area (Å²) in [7, 11) is -2.05. The van der Waals surface area contributed by atoms with E-state index in [0.29, 0.717) is 5.41 Å². The maximum absolute atomic E-state index is 11.2. The van der Waals surface area contributed by atoms with Gasteiger partial charge in [-0.2, -0.15) is 0 Å². The highest BCUT2D eigenvalue weighted by atomic mass is 32.2. The molecule has 1 aliphatic rings. The van der Waals surface area contributed by atoms with Gasteiger partial charge in [-0.3, -0.25) is 0 Å². The van der Waals surface area contributed by atoms with E-state index in [0.717, 1.165) is 25.3 Å². The lowest BCUT2D eigenvalue weighted by Crippen LogP contribution is -2.18. The smallest absolute Gasteiger partial charge is 0.255 e. The first-order valence-electron chi connectivity index (χ1n) is 6.17. The Morgan fingerprint density at radius 3 is 2.84 bits per heavy atom. The van der Waals surface area contributed by atoms with Crippen molar-refractivity contribution in [1.82, 2.24) is 4.98 Å². The molecule has 0 aromatic carbocycles. The SMILES string of the molecule is COCCC1(CNc2ccnc(S(N)(=O)=O)c2)CC1. The zero-order valence-corrected chi connectivity index (χ0v) is 11.7. The van der Waals surface area contributed by atoms with Crippen LogP contribution >= 0.6 is 0 Å². The highest BCUT2D eigenvalue weighted by Crippen LogP contribution is 2.48. The number of nitrogens with two attached hydrogens (primary N) is 1. The number of sulfonamides is 1.